The highest BCUT2D eigenvalue weighted by atomic mass is 32.2. The van der Waals surface area contributed by atoms with Gasteiger partial charge in [-0.05, 0) is 31.9 Å². The fourth-order valence-corrected chi connectivity index (χ4v) is 3.13. The molecule has 1 aromatic carbocycles. The molecule has 0 aromatic heterocycles. The molecule has 1 aromatic rings. The van der Waals surface area contributed by atoms with E-state index in [0.29, 0.717) is 5.25 Å². The SMILES string of the molecule is CCCNC(C)(C#N)CC(C)SCc1ccccc1. The lowest BCUT2D eigenvalue weighted by Crippen LogP contribution is -2.43. The van der Waals surface area contributed by atoms with E-state index in [4.69, 9.17) is 0 Å². The van der Waals surface area contributed by atoms with Crippen LogP contribution in [0.25, 0.3) is 0 Å². The van der Waals surface area contributed by atoms with Gasteiger partial charge in [0, 0.05) is 11.0 Å². The van der Waals surface area contributed by atoms with Gasteiger partial charge in [-0.25, -0.2) is 0 Å². The van der Waals surface area contributed by atoms with Gasteiger partial charge in [0.2, 0.25) is 0 Å². The first-order chi connectivity index (χ1) is 9.09. The minimum atomic E-state index is -0.404. The molecule has 0 heterocycles. The average molecular weight is 276 g/mol. The first-order valence-corrected chi connectivity index (χ1v) is 7.96. The third-order valence-electron chi connectivity index (χ3n) is 3.08. The molecule has 0 aliphatic heterocycles. The Bertz CT molecular complexity index is 399. The van der Waals surface area contributed by atoms with E-state index >= 15 is 0 Å². The fraction of sp³-hybridized carbons (Fsp3) is 0.562. The van der Waals surface area contributed by atoms with E-state index < -0.39 is 5.54 Å². The molecule has 3 heteroatoms. The van der Waals surface area contributed by atoms with E-state index in [0.717, 1.165) is 25.1 Å². The Balaban J connectivity index is 2.41. The second-order valence-electron chi connectivity index (χ2n) is 5.18. The summed E-state index contributed by atoms with van der Waals surface area (Å²) < 4.78 is 0. The first-order valence-electron chi connectivity index (χ1n) is 6.91. The maximum absolute atomic E-state index is 9.32. The Morgan fingerprint density at radius 3 is 2.63 bits per heavy atom. The zero-order chi connectivity index (χ0) is 14.1. The summed E-state index contributed by atoms with van der Waals surface area (Å²) in [7, 11) is 0. The summed E-state index contributed by atoms with van der Waals surface area (Å²) in [6.07, 6.45) is 1.93. The molecule has 0 spiro atoms. The van der Waals surface area contributed by atoms with Gasteiger partial charge in [0.15, 0.2) is 0 Å². The average Bonchev–Trinajstić information content (AvgIpc) is 2.44. The summed E-state index contributed by atoms with van der Waals surface area (Å²) in [6, 6.07) is 12.9. The quantitative estimate of drug-likeness (QED) is 0.780. The van der Waals surface area contributed by atoms with Gasteiger partial charge >= 0.3 is 0 Å². The molecule has 19 heavy (non-hydrogen) atoms. The lowest BCUT2D eigenvalue weighted by molar-refractivity contribution is 0.418. The Labute approximate surface area is 121 Å². The number of rotatable bonds is 8. The van der Waals surface area contributed by atoms with Gasteiger partial charge in [0.1, 0.15) is 5.54 Å². The van der Waals surface area contributed by atoms with E-state index in [2.05, 4.69) is 49.5 Å². The van der Waals surface area contributed by atoms with Gasteiger partial charge in [-0.1, -0.05) is 44.2 Å². The summed E-state index contributed by atoms with van der Waals surface area (Å²) >= 11 is 1.91. The van der Waals surface area contributed by atoms with Crippen LogP contribution in [0.2, 0.25) is 0 Å². The first kappa shape index (κ1) is 16.1. The molecule has 0 fully saturated rings. The minimum absolute atomic E-state index is 0.404. The van der Waals surface area contributed by atoms with Crippen LogP contribution in [0, 0.1) is 11.3 Å². The molecular weight excluding hydrogens is 252 g/mol. The Morgan fingerprint density at radius 2 is 2.05 bits per heavy atom. The van der Waals surface area contributed by atoms with Crippen molar-refractivity contribution in [3.8, 4) is 6.07 Å². The second kappa shape index (κ2) is 8.24. The van der Waals surface area contributed by atoms with Crippen molar-refractivity contribution in [3.05, 3.63) is 35.9 Å². The van der Waals surface area contributed by atoms with Crippen LogP contribution < -0.4 is 5.32 Å². The largest absolute Gasteiger partial charge is 0.300 e. The zero-order valence-corrected chi connectivity index (χ0v) is 13.0. The predicted molar refractivity (Wildman–Crippen MR) is 84.1 cm³/mol. The highest BCUT2D eigenvalue weighted by Gasteiger charge is 2.25. The zero-order valence-electron chi connectivity index (χ0n) is 12.1. The Hall–Kier alpha value is -0.980. The lowest BCUT2D eigenvalue weighted by Gasteiger charge is -2.26. The van der Waals surface area contributed by atoms with Crippen LogP contribution in [-0.4, -0.2) is 17.3 Å². The van der Waals surface area contributed by atoms with Gasteiger partial charge in [-0.15, -0.1) is 0 Å². The van der Waals surface area contributed by atoms with Crippen LogP contribution in [0.4, 0.5) is 0 Å². The van der Waals surface area contributed by atoms with Crippen LogP contribution >= 0.6 is 11.8 Å². The van der Waals surface area contributed by atoms with E-state index in [1.807, 2.05) is 24.8 Å². The normalized spacial score (nSPS) is 15.5. The number of hydrogen-bond acceptors (Lipinski definition) is 3. The molecule has 0 radical (unpaired) electrons. The van der Waals surface area contributed by atoms with Crippen LogP contribution in [-0.2, 0) is 5.75 Å². The number of benzene rings is 1. The molecule has 0 amide bonds. The molecule has 0 saturated carbocycles. The van der Waals surface area contributed by atoms with Crippen LogP contribution in [0.1, 0.15) is 39.2 Å². The summed E-state index contributed by atoms with van der Waals surface area (Å²) in [5.74, 6) is 1.01. The number of nitrogens with zero attached hydrogens (tertiary/aromatic N) is 1. The smallest absolute Gasteiger partial charge is 0.104 e. The minimum Gasteiger partial charge on any atom is -0.300 e. The van der Waals surface area contributed by atoms with E-state index in [9.17, 15) is 5.26 Å². The molecule has 2 unspecified atom stereocenters. The molecule has 2 nitrogen and oxygen atoms in total. The van der Waals surface area contributed by atoms with Crippen molar-refractivity contribution < 1.29 is 0 Å². The summed E-state index contributed by atoms with van der Waals surface area (Å²) in [6.45, 7) is 7.23. The molecular formula is C16H24N2S. The number of nitrogens with one attached hydrogen (secondary N) is 1. The van der Waals surface area contributed by atoms with Gasteiger partial charge in [0.25, 0.3) is 0 Å². The predicted octanol–water partition coefficient (Wildman–Crippen LogP) is 3.98. The third kappa shape index (κ3) is 6.13. The second-order valence-corrected chi connectivity index (χ2v) is 6.61. The highest BCUT2D eigenvalue weighted by molar-refractivity contribution is 7.99. The van der Waals surface area contributed by atoms with Crippen molar-refractivity contribution in [2.24, 2.45) is 0 Å². The maximum Gasteiger partial charge on any atom is 0.104 e. The van der Waals surface area contributed by atoms with Crippen molar-refractivity contribution in [2.75, 3.05) is 6.54 Å². The Kier molecular flexibility index (Phi) is 6.97. The van der Waals surface area contributed by atoms with E-state index in [-0.39, 0.29) is 0 Å². The van der Waals surface area contributed by atoms with Crippen molar-refractivity contribution in [2.45, 2.75) is 50.2 Å². The Morgan fingerprint density at radius 1 is 1.37 bits per heavy atom. The van der Waals surface area contributed by atoms with Crippen LogP contribution in [0.5, 0.6) is 0 Å². The monoisotopic (exact) mass is 276 g/mol. The van der Waals surface area contributed by atoms with Crippen molar-refractivity contribution in [3.63, 3.8) is 0 Å². The fourth-order valence-electron chi connectivity index (χ4n) is 2.00. The van der Waals surface area contributed by atoms with Crippen LogP contribution in [0.3, 0.4) is 0 Å². The summed E-state index contributed by atoms with van der Waals surface area (Å²) in [5.41, 5.74) is 0.943. The molecule has 0 saturated heterocycles. The molecule has 1 rings (SSSR count). The standard InChI is InChI=1S/C16H24N2S/c1-4-10-18-16(3,13-17)11-14(2)19-12-15-8-6-5-7-9-15/h5-9,14,18H,4,10-12H2,1-3H3. The van der Waals surface area contributed by atoms with Crippen LogP contribution in [0.15, 0.2) is 30.3 Å². The van der Waals surface area contributed by atoms with Gasteiger partial charge in [-0.3, -0.25) is 5.32 Å². The lowest BCUT2D eigenvalue weighted by atomic mass is 9.98. The summed E-state index contributed by atoms with van der Waals surface area (Å²) in [5, 5.41) is 13.1. The van der Waals surface area contributed by atoms with Crippen molar-refractivity contribution in [1.82, 2.24) is 5.32 Å². The molecule has 2 atom stereocenters. The highest BCUT2D eigenvalue weighted by Crippen LogP contribution is 2.24. The van der Waals surface area contributed by atoms with Gasteiger partial charge in [0.05, 0.1) is 6.07 Å². The summed E-state index contributed by atoms with van der Waals surface area (Å²) in [4.78, 5) is 0. The molecule has 0 aliphatic carbocycles. The molecule has 0 bridgehead atoms. The van der Waals surface area contributed by atoms with Gasteiger partial charge < -0.3 is 0 Å². The van der Waals surface area contributed by atoms with Crippen molar-refractivity contribution >= 4 is 11.8 Å². The number of nitriles is 1. The maximum atomic E-state index is 9.32. The molecule has 1 N–H and O–H groups in total. The van der Waals surface area contributed by atoms with E-state index in [1.54, 1.807) is 0 Å². The topological polar surface area (TPSA) is 35.8 Å². The third-order valence-corrected chi connectivity index (χ3v) is 4.32. The van der Waals surface area contributed by atoms with Gasteiger partial charge in [-0.2, -0.15) is 17.0 Å². The number of thioether (sulfide) groups is 1. The molecule has 104 valence electrons. The number of hydrogen-bond donors (Lipinski definition) is 1. The van der Waals surface area contributed by atoms with Crippen molar-refractivity contribution in [1.29, 1.82) is 5.26 Å². The van der Waals surface area contributed by atoms with E-state index in [1.165, 1.54) is 5.56 Å². The molecule has 0 aliphatic rings.